The third-order valence-electron chi connectivity index (χ3n) is 1.82. The third kappa shape index (κ3) is 1.15. The lowest BCUT2D eigenvalue weighted by Crippen LogP contribution is -1.86. The smallest absolute Gasteiger partial charge is 0.145 e. The molecule has 0 fully saturated rings. The van der Waals surface area contributed by atoms with Crippen LogP contribution in [0.3, 0.4) is 0 Å². The lowest BCUT2D eigenvalue weighted by molar-refractivity contribution is 0.631. The van der Waals surface area contributed by atoms with Crippen molar-refractivity contribution in [3.8, 4) is 0 Å². The van der Waals surface area contributed by atoms with E-state index in [-0.39, 0.29) is 5.82 Å². The molecule has 0 N–H and O–H groups in total. The van der Waals surface area contributed by atoms with Gasteiger partial charge in [-0.3, -0.25) is 0 Å². The largest absolute Gasteiger partial charge is 0.205 e. The molecule has 1 heterocycles. The van der Waals surface area contributed by atoms with Crippen LogP contribution in [-0.4, -0.2) is 0 Å². The summed E-state index contributed by atoms with van der Waals surface area (Å²) in [6, 6.07) is 3.86. The number of benzene rings is 1. The predicted molar refractivity (Wildman–Crippen MR) is 59.2 cm³/mol. The summed E-state index contributed by atoms with van der Waals surface area (Å²) in [5.74, 6) is -0.0770. The van der Waals surface area contributed by atoms with Crippen LogP contribution in [0.1, 0.15) is 5.56 Å². The molecule has 0 saturated heterocycles. The summed E-state index contributed by atoms with van der Waals surface area (Å²) >= 11 is 3.63. The van der Waals surface area contributed by atoms with Gasteiger partial charge in [-0.2, -0.15) is 0 Å². The summed E-state index contributed by atoms with van der Waals surface area (Å²) in [7, 11) is 0. The summed E-state index contributed by atoms with van der Waals surface area (Å²) in [5.41, 5.74) is 1.02. The Morgan fingerprint density at radius 2 is 2.25 bits per heavy atom. The SMILES string of the molecule is Cc1cc2sccc2c(F)c1I. The van der Waals surface area contributed by atoms with E-state index in [0.29, 0.717) is 0 Å². The van der Waals surface area contributed by atoms with Crippen LogP contribution in [0.4, 0.5) is 4.39 Å². The van der Waals surface area contributed by atoms with Gasteiger partial charge in [-0.25, -0.2) is 4.39 Å². The third-order valence-corrected chi connectivity index (χ3v) is 4.01. The maximum atomic E-state index is 13.5. The lowest BCUT2D eigenvalue weighted by atomic mass is 10.2. The van der Waals surface area contributed by atoms with Crippen LogP contribution in [-0.2, 0) is 0 Å². The first-order valence-corrected chi connectivity index (χ1v) is 5.48. The summed E-state index contributed by atoms with van der Waals surface area (Å²) in [5, 5.41) is 2.67. The molecule has 0 saturated carbocycles. The molecular weight excluding hydrogens is 286 g/mol. The zero-order valence-corrected chi connectivity index (χ0v) is 9.37. The maximum absolute atomic E-state index is 13.5. The number of rotatable bonds is 0. The van der Waals surface area contributed by atoms with Gasteiger partial charge in [0.15, 0.2) is 0 Å². The number of halogens is 2. The fraction of sp³-hybridized carbons (Fsp3) is 0.111. The number of fused-ring (bicyclic) bond motifs is 1. The molecule has 0 nitrogen and oxygen atoms in total. The number of hydrogen-bond donors (Lipinski definition) is 0. The molecular formula is C9H6FIS. The molecule has 3 heteroatoms. The van der Waals surface area contributed by atoms with Crippen molar-refractivity contribution in [2.24, 2.45) is 0 Å². The van der Waals surface area contributed by atoms with Crippen molar-refractivity contribution in [2.45, 2.75) is 6.92 Å². The Morgan fingerprint density at radius 1 is 1.50 bits per heavy atom. The summed E-state index contributed by atoms with van der Waals surface area (Å²) in [4.78, 5) is 0. The topological polar surface area (TPSA) is 0 Å². The minimum absolute atomic E-state index is 0.0770. The van der Waals surface area contributed by atoms with Gasteiger partial charge in [0.25, 0.3) is 0 Å². The van der Waals surface area contributed by atoms with E-state index in [1.165, 1.54) is 0 Å². The maximum Gasteiger partial charge on any atom is 0.145 e. The van der Waals surface area contributed by atoms with Crippen LogP contribution in [0.25, 0.3) is 10.1 Å². The van der Waals surface area contributed by atoms with Crippen LogP contribution < -0.4 is 0 Å². The van der Waals surface area contributed by atoms with Crippen LogP contribution in [0.2, 0.25) is 0 Å². The van der Waals surface area contributed by atoms with E-state index < -0.39 is 0 Å². The van der Waals surface area contributed by atoms with Gasteiger partial charge in [0.2, 0.25) is 0 Å². The number of aryl methyl sites for hydroxylation is 1. The molecule has 0 aliphatic carbocycles. The van der Waals surface area contributed by atoms with E-state index in [4.69, 9.17) is 0 Å². The molecule has 62 valence electrons. The predicted octanol–water partition coefficient (Wildman–Crippen LogP) is 3.95. The quantitative estimate of drug-likeness (QED) is 0.645. The van der Waals surface area contributed by atoms with Crippen molar-refractivity contribution in [3.63, 3.8) is 0 Å². The molecule has 0 unspecified atom stereocenters. The molecule has 0 aliphatic heterocycles. The van der Waals surface area contributed by atoms with E-state index in [9.17, 15) is 4.39 Å². The van der Waals surface area contributed by atoms with Crippen molar-refractivity contribution in [1.82, 2.24) is 0 Å². The molecule has 0 radical (unpaired) electrons. The monoisotopic (exact) mass is 292 g/mol. The van der Waals surface area contributed by atoms with E-state index in [1.54, 1.807) is 11.3 Å². The highest BCUT2D eigenvalue weighted by atomic mass is 127. The normalized spacial score (nSPS) is 10.9. The van der Waals surface area contributed by atoms with Crippen molar-refractivity contribution in [1.29, 1.82) is 0 Å². The second-order valence-corrected chi connectivity index (χ2v) is 4.68. The Kier molecular flexibility index (Phi) is 2.08. The van der Waals surface area contributed by atoms with Gasteiger partial charge in [-0.1, -0.05) is 0 Å². The average molecular weight is 292 g/mol. The van der Waals surface area contributed by atoms with Gasteiger partial charge in [0.1, 0.15) is 5.82 Å². The first kappa shape index (κ1) is 8.44. The molecule has 0 aliphatic rings. The van der Waals surface area contributed by atoms with Crippen molar-refractivity contribution >= 4 is 44.0 Å². The fourth-order valence-corrected chi connectivity index (χ4v) is 2.49. The van der Waals surface area contributed by atoms with Crippen LogP contribution in [0.5, 0.6) is 0 Å². The van der Waals surface area contributed by atoms with E-state index in [2.05, 4.69) is 0 Å². The molecule has 12 heavy (non-hydrogen) atoms. The Hall–Kier alpha value is -0.160. The van der Waals surface area contributed by atoms with Gasteiger partial charge < -0.3 is 0 Å². The van der Waals surface area contributed by atoms with Gasteiger partial charge in [0.05, 0.1) is 3.57 Å². The highest BCUT2D eigenvalue weighted by Gasteiger charge is 2.08. The average Bonchev–Trinajstić information content (AvgIpc) is 2.48. The first-order chi connectivity index (χ1) is 5.70. The molecule has 1 aromatic carbocycles. The highest BCUT2D eigenvalue weighted by molar-refractivity contribution is 14.1. The van der Waals surface area contributed by atoms with Crippen LogP contribution >= 0.6 is 33.9 Å². The fourth-order valence-electron chi connectivity index (χ4n) is 1.17. The van der Waals surface area contributed by atoms with Crippen molar-refractivity contribution < 1.29 is 4.39 Å². The minimum atomic E-state index is -0.0770. The van der Waals surface area contributed by atoms with Gasteiger partial charge >= 0.3 is 0 Å². The summed E-state index contributed by atoms with van der Waals surface area (Å²) in [6.45, 7) is 1.93. The van der Waals surface area contributed by atoms with Gasteiger partial charge in [0, 0.05) is 10.1 Å². The second kappa shape index (κ2) is 2.96. The lowest BCUT2D eigenvalue weighted by Gasteiger charge is -2.00. The Bertz CT molecular complexity index is 433. The first-order valence-electron chi connectivity index (χ1n) is 3.52. The van der Waals surface area contributed by atoms with Crippen LogP contribution in [0.15, 0.2) is 17.5 Å². The molecule has 1 aromatic heterocycles. The Balaban J connectivity index is 2.94. The van der Waals surface area contributed by atoms with Crippen molar-refractivity contribution in [3.05, 3.63) is 32.5 Å². The highest BCUT2D eigenvalue weighted by Crippen LogP contribution is 2.28. The van der Waals surface area contributed by atoms with Gasteiger partial charge in [-0.05, 0) is 52.6 Å². The standard InChI is InChI=1S/C9H6FIS/c1-5-4-7-6(2-3-12-7)8(10)9(5)11/h2-4H,1H3. The van der Waals surface area contributed by atoms with Crippen molar-refractivity contribution in [2.75, 3.05) is 0 Å². The van der Waals surface area contributed by atoms with Gasteiger partial charge in [-0.15, -0.1) is 11.3 Å². The van der Waals surface area contributed by atoms with E-state index >= 15 is 0 Å². The van der Waals surface area contributed by atoms with E-state index in [1.807, 2.05) is 47.0 Å². The second-order valence-electron chi connectivity index (χ2n) is 2.65. The molecule has 0 bridgehead atoms. The zero-order chi connectivity index (χ0) is 8.72. The molecule has 0 spiro atoms. The molecule has 2 aromatic rings. The molecule has 0 amide bonds. The summed E-state index contributed by atoms with van der Waals surface area (Å²) in [6.07, 6.45) is 0. The Morgan fingerprint density at radius 3 is 3.00 bits per heavy atom. The molecule has 2 rings (SSSR count). The molecule has 0 atom stereocenters. The minimum Gasteiger partial charge on any atom is -0.205 e. The Labute approximate surface area is 87.5 Å². The summed E-state index contributed by atoms with van der Waals surface area (Å²) < 4.78 is 15.3. The van der Waals surface area contributed by atoms with E-state index in [0.717, 1.165) is 19.2 Å². The van der Waals surface area contributed by atoms with Crippen LogP contribution in [0, 0.1) is 16.3 Å². The number of hydrogen-bond acceptors (Lipinski definition) is 1. The zero-order valence-electron chi connectivity index (χ0n) is 6.40. The number of thiophene rings is 1.